The van der Waals surface area contributed by atoms with Crippen molar-refractivity contribution in [3.05, 3.63) is 70.4 Å². The van der Waals surface area contributed by atoms with E-state index in [1.165, 1.54) is 12.1 Å². The monoisotopic (exact) mass is 300 g/mol. The zero-order chi connectivity index (χ0) is 15.0. The molecule has 0 saturated carbocycles. The van der Waals surface area contributed by atoms with Gasteiger partial charge >= 0.3 is 0 Å². The van der Waals surface area contributed by atoms with E-state index >= 15 is 0 Å². The van der Waals surface area contributed by atoms with Gasteiger partial charge in [-0.05, 0) is 54.6 Å². The summed E-state index contributed by atoms with van der Waals surface area (Å²) in [7, 11) is 0. The molecule has 3 aromatic rings. The van der Waals surface area contributed by atoms with Crippen LogP contribution in [0.2, 0.25) is 0 Å². The Morgan fingerprint density at radius 1 is 1.14 bits per heavy atom. The second kappa shape index (κ2) is 5.24. The normalized spacial score (nSPS) is 14.3. The van der Waals surface area contributed by atoms with Gasteiger partial charge in [0.1, 0.15) is 11.4 Å². The predicted octanol–water partition coefficient (Wildman–Crippen LogP) is 4.80. The van der Waals surface area contributed by atoms with Crippen LogP contribution in [0.4, 0.5) is 4.39 Å². The molecule has 1 atom stereocenters. The molecule has 3 rings (SSSR count). The van der Waals surface area contributed by atoms with Gasteiger partial charge in [0.2, 0.25) is 0 Å². The number of hydrogen-bond donors (Lipinski definition) is 1. The van der Waals surface area contributed by atoms with Crippen LogP contribution >= 0.6 is 11.3 Å². The van der Waals surface area contributed by atoms with E-state index in [2.05, 4.69) is 0 Å². The lowest BCUT2D eigenvalue weighted by molar-refractivity contribution is 0.0613. The van der Waals surface area contributed by atoms with E-state index in [-0.39, 0.29) is 5.82 Å². The molecular formula is C18H17FOS. The van der Waals surface area contributed by atoms with Crippen LogP contribution < -0.4 is 0 Å². The van der Waals surface area contributed by atoms with Crippen molar-refractivity contribution < 1.29 is 9.50 Å². The van der Waals surface area contributed by atoms with Gasteiger partial charge in [0.15, 0.2) is 0 Å². The maximum absolute atomic E-state index is 13.4. The summed E-state index contributed by atoms with van der Waals surface area (Å²) in [4.78, 5) is 0.910. The number of rotatable bonds is 3. The molecule has 0 amide bonds. The van der Waals surface area contributed by atoms with E-state index in [9.17, 15) is 9.50 Å². The molecule has 1 nitrogen and oxygen atoms in total. The summed E-state index contributed by atoms with van der Waals surface area (Å²) in [6, 6.07) is 14.8. The Morgan fingerprint density at radius 3 is 2.67 bits per heavy atom. The molecule has 1 unspecified atom stereocenters. The highest BCUT2D eigenvalue weighted by Crippen LogP contribution is 2.35. The van der Waals surface area contributed by atoms with Crippen LogP contribution in [0.5, 0.6) is 0 Å². The van der Waals surface area contributed by atoms with Crippen LogP contribution in [0.15, 0.2) is 48.5 Å². The highest BCUT2D eigenvalue weighted by Gasteiger charge is 2.26. The van der Waals surface area contributed by atoms with Crippen molar-refractivity contribution in [3.63, 3.8) is 0 Å². The lowest BCUT2D eigenvalue weighted by Gasteiger charge is -2.23. The SMILES string of the molecule is Cc1ccc(F)cc1CC(C)(O)c1cc2ccccc2s1. The summed E-state index contributed by atoms with van der Waals surface area (Å²) in [6.45, 7) is 3.73. The predicted molar refractivity (Wildman–Crippen MR) is 86.2 cm³/mol. The summed E-state index contributed by atoms with van der Waals surface area (Å²) in [5.41, 5.74) is 0.845. The fraction of sp³-hybridized carbons (Fsp3) is 0.222. The molecule has 0 bridgehead atoms. The van der Waals surface area contributed by atoms with E-state index in [0.29, 0.717) is 6.42 Å². The molecular weight excluding hydrogens is 283 g/mol. The molecule has 0 spiro atoms. The van der Waals surface area contributed by atoms with E-state index in [1.807, 2.05) is 37.3 Å². The Morgan fingerprint density at radius 2 is 1.90 bits per heavy atom. The van der Waals surface area contributed by atoms with Gasteiger partial charge in [-0.3, -0.25) is 0 Å². The van der Waals surface area contributed by atoms with Gasteiger partial charge in [-0.2, -0.15) is 0 Å². The Kier molecular flexibility index (Phi) is 3.56. The Hall–Kier alpha value is -1.71. The smallest absolute Gasteiger partial charge is 0.123 e. The van der Waals surface area contributed by atoms with Crippen molar-refractivity contribution in [1.82, 2.24) is 0 Å². The topological polar surface area (TPSA) is 20.2 Å². The van der Waals surface area contributed by atoms with Crippen molar-refractivity contribution in [2.75, 3.05) is 0 Å². The summed E-state index contributed by atoms with van der Waals surface area (Å²) in [6.07, 6.45) is 0.406. The molecule has 0 aliphatic heterocycles. The summed E-state index contributed by atoms with van der Waals surface area (Å²) >= 11 is 1.59. The molecule has 2 aromatic carbocycles. The number of fused-ring (bicyclic) bond motifs is 1. The molecule has 0 aliphatic rings. The quantitative estimate of drug-likeness (QED) is 0.736. The molecule has 0 radical (unpaired) electrons. The molecule has 3 heteroatoms. The third-order valence-electron chi connectivity index (χ3n) is 3.80. The fourth-order valence-electron chi connectivity index (χ4n) is 2.54. The highest BCUT2D eigenvalue weighted by atomic mass is 32.1. The molecule has 21 heavy (non-hydrogen) atoms. The molecule has 1 N–H and O–H groups in total. The first-order valence-corrected chi connectivity index (χ1v) is 7.74. The number of aryl methyl sites for hydroxylation is 1. The number of aliphatic hydroxyl groups is 1. The first-order valence-electron chi connectivity index (χ1n) is 6.92. The third kappa shape index (κ3) is 2.85. The van der Waals surface area contributed by atoms with Crippen LogP contribution in [-0.4, -0.2) is 5.11 Å². The van der Waals surface area contributed by atoms with E-state index < -0.39 is 5.60 Å². The number of thiophene rings is 1. The molecule has 0 aliphatic carbocycles. The number of hydrogen-bond acceptors (Lipinski definition) is 2. The van der Waals surface area contributed by atoms with Crippen molar-refractivity contribution in [3.8, 4) is 0 Å². The number of halogens is 1. The van der Waals surface area contributed by atoms with Gasteiger partial charge in [-0.25, -0.2) is 4.39 Å². The molecule has 1 aromatic heterocycles. The first-order chi connectivity index (χ1) is 9.95. The molecule has 1 heterocycles. The maximum atomic E-state index is 13.4. The Labute approximate surface area is 127 Å². The lowest BCUT2D eigenvalue weighted by Crippen LogP contribution is -2.23. The van der Waals surface area contributed by atoms with Crippen molar-refractivity contribution in [1.29, 1.82) is 0 Å². The standard InChI is InChI=1S/C18H17FOS/c1-12-7-8-15(19)9-14(12)11-18(2,20)17-10-13-5-3-4-6-16(13)21-17/h3-10,20H,11H2,1-2H3. The summed E-state index contributed by atoms with van der Waals surface area (Å²) in [5, 5.41) is 12.0. The minimum absolute atomic E-state index is 0.261. The summed E-state index contributed by atoms with van der Waals surface area (Å²) < 4.78 is 14.6. The van der Waals surface area contributed by atoms with Gasteiger partial charge in [0.05, 0.1) is 0 Å². The summed E-state index contributed by atoms with van der Waals surface area (Å²) in [5.74, 6) is -0.261. The van der Waals surface area contributed by atoms with Crippen LogP contribution in [0.3, 0.4) is 0 Å². The molecule has 0 fully saturated rings. The van der Waals surface area contributed by atoms with Crippen LogP contribution in [0, 0.1) is 12.7 Å². The minimum Gasteiger partial charge on any atom is -0.384 e. The average Bonchev–Trinajstić information content (AvgIpc) is 2.87. The van der Waals surface area contributed by atoms with Gasteiger partial charge in [-0.1, -0.05) is 24.3 Å². The second-order valence-electron chi connectivity index (χ2n) is 5.67. The van der Waals surface area contributed by atoms with E-state index in [0.717, 1.165) is 26.1 Å². The Bertz CT molecular complexity index is 756. The highest BCUT2D eigenvalue weighted by molar-refractivity contribution is 7.19. The minimum atomic E-state index is -0.998. The third-order valence-corrected chi connectivity index (χ3v) is 5.17. The van der Waals surface area contributed by atoms with Crippen LogP contribution in [-0.2, 0) is 12.0 Å². The van der Waals surface area contributed by atoms with E-state index in [4.69, 9.17) is 0 Å². The number of benzene rings is 2. The van der Waals surface area contributed by atoms with Crippen LogP contribution in [0.25, 0.3) is 10.1 Å². The van der Waals surface area contributed by atoms with Gasteiger partial charge < -0.3 is 5.11 Å². The zero-order valence-electron chi connectivity index (χ0n) is 12.1. The van der Waals surface area contributed by atoms with Crippen molar-refractivity contribution in [2.24, 2.45) is 0 Å². The van der Waals surface area contributed by atoms with Crippen LogP contribution in [0.1, 0.15) is 22.9 Å². The molecule has 108 valence electrons. The maximum Gasteiger partial charge on any atom is 0.123 e. The second-order valence-corrected chi connectivity index (χ2v) is 6.75. The molecule has 0 saturated heterocycles. The van der Waals surface area contributed by atoms with Crippen molar-refractivity contribution in [2.45, 2.75) is 25.9 Å². The van der Waals surface area contributed by atoms with Gasteiger partial charge in [0, 0.05) is 16.0 Å². The van der Waals surface area contributed by atoms with Gasteiger partial charge in [0.25, 0.3) is 0 Å². The zero-order valence-corrected chi connectivity index (χ0v) is 12.9. The fourth-order valence-corrected chi connectivity index (χ4v) is 3.64. The first kappa shape index (κ1) is 14.2. The lowest BCUT2D eigenvalue weighted by atomic mass is 9.92. The Balaban J connectivity index is 1.97. The van der Waals surface area contributed by atoms with Crippen molar-refractivity contribution >= 4 is 21.4 Å². The average molecular weight is 300 g/mol. The largest absolute Gasteiger partial charge is 0.384 e. The van der Waals surface area contributed by atoms with E-state index in [1.54, 1.807) is 24.3 Å². The van der Waals surface area contributed by atoms with Gasteiger partial charge in [-0.15, -0.1) is 11.3 Å².